The number of nitro groups is 1. The van der Waals surface area contributed by atoms with Gasteiger partial charge >= 0.3 is 11.9 Å². The number of hydrogen-bond donors (Lipinski definition) is 0. The molecule has 1 aromatic rings. The Kier molecular flexibility index (Phi) is 4.87. The van der Waals surface area contributed by atoms with Crippen molar-refractivity contribution in [3.63, 3.8) is 0 Å². The fraction of sp³-hybridized carbons (Fsp3) is 0.417. The van der Waals surface area contributed by atoms with Crippen LogP contribution < -0.4 is 0 Å². The molecule has 9 heteroatoms. The highest BCUT2D eigenvalue weighted by atomic mass is 19.4. The van der Waals surface area contributed by atoms with Gasteiger partial charge in [-0.05, 0) is 26.0 Å². The van der Waals surface area contributed by atoms with Gasteiger partial charge in [-0.2, -0.15) is 17.6 Å². The van der Waals surface area contributed by atoms with E-state index in [1.54, 1.807) is 0 Å². The van der Waals surface area contributed by atoms with Crippen LogP contribution in [0.15, 0.2) is 18.2 Å². The molecule has 0 aliphatic carbocycles. The van der Waals surface area contributed by atoms with Gasteiger partial charge in [0.1, 0.15) is 6.54 Å². The van der Waals surface area contributed by atoms with Crippen LogP contribution in [-0.2, 0) is 0 Å². The lowest BCUT2D eigenvalue weighted by atomic mass is 10.1. The first-order chi connectivity index (χ1) is 9.53. The van der Waals surface area contributed by atoms with Gasteiger partial charge in [0.2, 0.25) is 5.82 Å². The molecule has 0 unspecified atom stereocenters. The van der Waals surface area contributed by atoms with Crippen LogP contribution in [0.3, 0.4) is 0 Å². The van der Waals surface area contributed by atoms with E-state index in [1.165, 1.54) is 13.8 Å². The highest BCUT2D eigenvalue weighted by molar-refractivity contribution is 5.95. The average Bonchev–Trinajstić information content (AvgIpc) is 2.34. The summed E-state index contributed by atoms with van der Waals surface area (Å²) in [6.45, 7) is 1.26. The molecule has 0 aliphatic heterocycles. The highest BCUT2D eigenvalue weighted by Crippen LogP contribution is 2.23. The van der Waals surface area contributed by atoms with Gasteiger partial charge in [0.15, 0.2) is 0 Å². The maximum Gasteiger partial charge on any atom is 0.406 e. The lowest BCUT2D eigenvalue weighted by molar-refractivity contribution is -0.387. The zero-order valence-corrected chi connectivity index (χ0v) is 11.1. The van der Waals surface area contributed by atoms with Crippen molar-refractivity contribution < 1.29 is 27.3 Å². The van der Waals surface area contributed by atoms with Crippen LogP contribution in [0.5, 0.6) is 0 Å². The minimum atomic E-state index is -4.61. The van der Waals surface area contributed by atoms with Gasteiger partial charge in [0.05, 0.1) is 4.92 Å². The fourth-order valence-corrected chi connectivity index (χ4v) is 1.63. The summed E-state index contributed by atoms with van der Waals surface area (Å²) >= 11 is 0. The quantitative estimate of drug-likeness (QED) is 0.487. The maximum absolute atomic E-state index is 13.2. The lowest BCUT2D eigenvalue weighted by Crippen LogP contribution is -2.43. The highest BCUT2D eigenvalue weighted by Gasteiger charge is 2.35. The van der Waals surface area contributed by atoms with Gasteiger partial charge in [-0.3, -0.25) is 14.9 Å². The topological polar surface area (TPSA) is 63.5 Å². The smallest absolute Gasteiger partial charge is 0.327 e. The molecule has 1 amide bonds. The molecule has 0 spiro atoms. The zero-order chi connectivity index (χ0) is 16.4. The summed E-state index contributed by atoms with van der Waals surface area (Å²) in [4.78, 5) is 22.1. The molecular formula is C12H12F4N2O3. The first-order valence-corrected chi connectivity index (χ1v) is 5.84. The van der Waals surface area contributed by atoms with Crippen LogP contribution in [0.4, 0.5) is 23.2 Å². The number of nitrogens with zero attached hydrogens (tertiary/aromatic N) is 2. The molecule has 0 saturated carbocycles. The average molecular weight is 308 g/mol. The standard InChI is InChI=1S/C12H12F4N2O3/c1-7(2)17(6-12(14,15)16)11(19)8-3-4-9(13)10(5-8)18(20)21/h3-5,7H,6H2,1-2H3. The predicted molar refractivity (Wildman–Crippen MR) is 65.3 cm³/mol. The van der Waals surface area contributed by atoms with E-state index in [4.69, 9.17) is 0 Å². The monoisotopic (exact) mass is 308 g/mol. The largest absolute Gasteiger partial charge is 0.406 e. The van der Waals surface area contributed by atoms with Crippen LogP contribution in [0.2, 0.25) is 0 Å². The lowest BCUT2D eigenvalue weighted by Gasteiger charge is -2.27. The molecule has 116 valence electrons. The van der Waals surface area contributed by atoms with Crippen LogP contribution in [0.1, 0.15) is 24.2 Å². The minimum absolute atomic E-state index is 0.374. The second-order valence-electron chi connectivity index (χ2n) is 4.57. The number of amides is 1. The molecule has 0 bridgehead atoms. The summed E-state index contributed by atoms with van der Waals surface area (Å²) in [5, 5.41) is 10.6. The van der Waals surface area contributed by atoms with Crippen molar-refractivity contribution in [3.8, 4) is 0 Å². The number of benzene rings is 1. The molecule has 0 N–H and O–H groups in total. The SMILES string of the molecule is CC(C)N(CC(F)(F)F)C(=O)c1ccc(F)c([N+](=O)[O-])c1. The van der Waals surface area contributed by atoms with E-state index in [1.807, 2.05) is 0 Å². The van der Waals surface area contributed by atoms with E-state index in [9.17, 15) is 32.5 Å². The Morgan fingerprint density at radius 1 is 1.38 bits per heavy atom. The summed E-state index contributed by atoms with van der Waals surface area (Å²) in [7, 11) is 0. The number of alkyl halides is 3. The van der Waals surface area contributed by atoms with Gasteiger partial charge in [0.25, 0.3) is 5.91 Å². The molecule has 21 heavy (non-hydrogen) atoms. The third kappa shape index (κ3) is 4.40. The Bertz CT molecular complexity index is 558. The Balaban J connectivity index is 3.16. The van der Waals surface area contributed by atoms with Crippen LogP contribution in [-0.4, -0.2) is 34.5 Å². The molecule has 0 heterocycles. The van der Waals surface area contributed by atoms with Crippen molar-refractivity contribution in [3.05, 3.63) is 39.7 Å². The number of carbonyl (C=O) groups excluding carboxylic acids is 1. The Morgan fingerprint density at radius 2 is 1.95 bits per heavy atom. The third-order valence-electron chi connectivity index (χ3n) is 2.62. The Morgan fingerprint density at radius 3 is 2.38 bits per heavy atom. The first-order valence-electron chi connectivity index (χ1n) is 5.84. The van der Waals surface area contributed by atoms with Gasteiger partial charge in [0, 0.05) is 17.7 Å². The van der Waals surface area contributed by atoms with Crippen molar-refractivity contribution in [1.29, 1.82) is 0 Å². The molecule has 1 rings (SSSR count). The number of carbonyl (C=O) groups is 1. The molecule has 0 saturated heterocycles. The summed E-state index contributed by atoms with van der Waals surface area (Å²) in [6, 6.07) is 1.44. The van der Waals surface area contributed by atoms with Gasteiger partial charge in [-0.1, -0.05) is 0 Å². The summed E-state index contributed by atoms with van der Waals surface area (Å²) in [5.74, 6) is -2.21. The van der Waals surface area contributed by atoms with Gasteiger partial charge in [-0.25, -0.2) is 0 Å². The van der Waals surface area contributed by atoms with E-state index in [-0.39, 0.29) is 5.56 Å². The zero-order valence-electron chi connectivity index (χ0n) is 11.1. The number of hydrogen-bond acceptors (Lipinski definition) is 3. The van der Waals surface area contributed by atoms with Crippen LogP contribution in [0.25, 0.3) is 0 Å². The molecule has 0 aliphatic rings. The molecular weight excluding hydrogens is 296 g/mol. The van der Waals surface area contributed by atoms with Gasteiger partial charge in [-0.15, -0.1) is 0 Å². The van der Waals surface area contributed by atoms with E-state index >= 15 is 0 Å². The normalized spacial score (nSPS) is 11.6. The predicted octanol–water partition coefficient (Wildman–Crippen LogP) is 3.15. The molecule has 0 aromatic heterocycles. The minimum Gasteiger partial charge on any atom is -0.327 e. The Hall–Kier alpha value is -2.19. The van der Waals surface area contributed by atoms with E-state index in [0.29, 0.717) is 17.0 Å². The van der Waals surface area contributed by atoms with Crippen molar-refractivity contribution in [2.75, 3.05) is 6.54 Å². The third-order valence-corrected chi connectivity index (χ3v) is 2.62. The Labute approximate surface area is 117 Å². The van der Waals surface area contributed by atoms with Gasteiger partial charge < -0.3 is 4.90 Å². The number of nitro benzene ring substituents is 1. The van der Waals surface area contributed by atoms with Crippen molar-refractivity contribution in [1.82, 2.24) is 4.90 Å². The van der Waals surface area contributed by atoms with Crippen LogP contribution in [0, 0.1) is 15.9 Å². The summed E-state index contributed by atoms with van der Waals surface area (Å²) < 4.78 is 50.5. The first kappa shape index (κ1) is 16.9. The van der Waals surface area contributed by atoms with Crippen molar-refractivity contribution >= 4 is 11.6 Å². The number of halogens is 4. The van der Waals surface area contributed by atoms with Crippen LogP contribution >= 0.6 is 0 Å². The summed E-state index contributed by atoms with van der Waals surface area (Å²) in [6.07, 6.45) is -4.61. The van der Waals surface area contributed by atoms with Crippen molar-refractivity contribution in [2.45, 2.75) is 26.1 Å². The molecule has 0 atom stereocenters. The second-order valence-corrected chi connectivity index (χ2v) is 4.57. The van der Waals surface area contributed by atoms with Crippen molar-refractivity contribution in [2.24, 2.45) is 0 Å². The molecule has 5 nitrogen and oxygen atoms in total. The van der Waals surface area contributed by atoms with E-state index < -0.39 is 41.1 Å². The summed E-state index contributed by atoms with van der Waals surface area (Å²) in [5.41, 5.74) is -1.34. The van der Waals surface area contributed by atoms with E-state index in [2.05, 4.69) is 0 Å². The molecule has 1 aromatic carbocycles. The second kappa shape index (κ2) is 6.06. The number of rotatable bonds is 4. The maximum atomic E-state index is 13.2. The molecule has 0 radical (unpaired) electrons. The van der Waals surface area contributed by atoms with E-state index in [0.717, 1.165) is 6.07 Å². The molecule has 0 fully saturated rings. The fourth-order valence-electron chi connectivity index (χ4n) is 1.63.